The number of benzene rings is 2. The fraction of sp³-hybridized carbons (Fsp3) is 0.250. The molecule has 4 rings (SSSR count). The zero-order valence-electron chi connectivity index (χ0n) is 14.3. The maximum absolute atomic E-state index is 12.7. The number of nitrogens with zero attached hydrogens (tertiary/aromatic N) is 1. The number of aliphatic hydroxyl groups is 1. The lowest BCUT2D eigenvalue weighted by atomic mass is 9.88. The maximum Gasteiger partial charge on any atom is 0.416 e. The fourth-order valence-electron chi connectivity index (χ4n) is 3.29. The van der Waals surface area contributed by atoms with Crippen LogP contribution < -0.4 is 5.32 Å². The van der Waals surface area contributed by atoms with E-state index in [0.717, 1.165) is 36.2 Å². The second-order valence-corrected chi connectivity index (χ2v) is 6.57. The summed E-state index contributed by atoms with van der Waals surface area (Å²) in [4.78, 5) is 4.16. The third-order valence-electron chi connectivity index (χ3n) is 4.70. The second kappa shape index (κ2) is 6.74. The van der Waals surface area contributed by atoms with Crippen molar-refractivity contribution >= 4 is 11.7 Å². The van der Waals surface area contributed by atoms with E-state index in [-0.39, 0.29) is 12.1 Å². The highest BCUT2D eigenvalue weighted by molar-refractivity contribution is 5.63. The molecule has 1 atom stereocenters. The van der Waals surface area contributed by atoms with Crippen LogP contribution in [-0.4, -0.2) is 16.2 Å². The number of oxazole rings is 1. The highest BCUT2D eigenvalue weighted by atomic mass is 19.4. The summed E-state index contributed by atoms with van der Waals surface area (Å²) in [6.07, 6.45) is -1.15. The van der Waals surface area contributed by atoms with Crippen molar-refractivity contribution in [2.75, 3.05) is 5.32 Å². The smallest absolute Gasteiger partial charge is 0.416 e. The second-order valence-electron chi connectivity index (χ2n) is 6.57. The van der Waals surface area contributed by atoms with Crippen LogP contribution in [0.3, 0.4) is 0 Å². The monoisotopic (exact) mass is 374 g/mol. The van der Waals surface area contributed by atoms with Gasteiger partial charge in [0, 0.05) is 17.7 Å². The van der Waals surface area contributed by atoms with Gasteiger partial charge in [-0.2, -0.15) is 13.2 Å². The molecule has 2 aromatic carbocycles. The van der Waals surface area contributed by atoms with E-state index in [1.165, 1.54) is 23.9 Å². The van der Waals surface area contributed by atoms with Gasteiger partial charge in [-0.1, -0.05) is 24.3 Å². The van der Waals surface area contributed by atoms with Crippen molar-refractivity contribution in [3.63, 3.8) is 0 Å². The SMILES string of the molecule is O[C@@H]1CCc2cccc(Nc3ncc(-c4ccc(C(F)(F)F)cc4)o3)c2C1. The first kappa shape index (κ1) is 17.6. The fourth-order valence-corrected chi connectivity index (χ4v) is 3.29. The summed E-state index contributed by atoms with van der Waals surface area (Å²) in [5.74, 6) is 0.371. The van der Waals surface area contributed by atoms with Crippen molar-refractivity contribution < 1.29 is 22.7 Å². The van der Waals surface area contributed by atoms with Crippen molar-refractivity contribution in [2.45, 2.75) is 31.5 Å². The molecule has 2 N–H and O–H groups in total. The average molecular weight is 374 g/mol. The number of hydrogen-bond acceptors (Lipinski definition) is 4. The van der Waals surface area contributed by atoms with Gasteiger partial charge in [0.15, 0.2) is 5.76 Å². The van der Waals surface area contributed by atoms with Gasteiger partial charge in [-0.15, -0.1) is 0 Å². The third-order valence-corrected chi connectivity index (χ3v) is 4.70. The highest BCUT2D eigenvalue weighted by Crippen LogP contribution is 2.33. The molecule has 0 spiro atoms. The molecule has 0 saturated carbocycles. The first-order valence-electron chi connectivity index (χ1n) is 8.59. The zero-order valence-corrected chi connectivity index (χ0v) is 14.3. The Morgan fingerprint density at radius 2 is 1.89 bits per heavy atom. The Bertz CT molecular complexity index is 949. The third kappa shape index (κ3) is 3.68. The number of halogens is 3. The summed E-state index contributed by atoms with van der Waals surface area (Å²) in [6, 6.07) is 10.8. The van der Waals surface area contributed by atoms with Gasteiger partial charge in [0.2, 0.25) is 0 Å². The van der Waals surface area contributed by atoms with Gasteiger partial charge in [0.1, 0.15) is 0 Å². The predicted octanol–water partition coefficient (Wildman–Crippen LogP) is 4.95. The number of aliphatic hydroxyl groups excluding tert-OH is 1. The number of fused-ring (bicyclic) bond motifs is 1. The molecule has 7 heteroatoms. The largest absolute Gasteiger partial charge is 0.423 e. The lowest BCUT2D eigenvalue weighted by Gasteiger charge is -2.23. The van der Waals surface area contributed by atoms with Crippen LogP contribution in [0.15, 0.2) is 53.1 Å². The van der Waals surface area contributed by atoms with Crippen molar-refractivity contribution in [3.05, 3.63) is 65.4 Å². The van der Waals surface area contributed by atoms with Crippen LogP contribution in [0.25, 0.3) is 11.3 Å². The van der Waals surface area contributed by atoms with Crippen LogP contribution in [0, 0.1) is 0 Å². The molecule has 1 aliphatic carbocycles. The molecule has 0 amide bonds. The number of nitrogens with one attached hydrogen (secondary N) is 1. The highest BCUT2D eigenvalue weighted by Gasteiger charge is 2.30. The van der Waals surface area contributed by atoms with E-state index in [4.69, 9.17) is 4.42 Å². The molecule has 0 unspecified atom stereocenters. The normalized spacial score (nSPS) is 16.8. The Morgan fingerprint density at radius 3 is 2.63 bits per heavy atom. The number of anilines is 2. The molecule has 27 heavy (non-hydrogen) atoms. The molecule has 3 aromatic rings. The minimum absolute atomic E-state index is 0.248. The molecule has 1 aromatic heterocycles. The van der Waals surface area contributed by atoms with Gasteiger partial charge in [-0.05, 0) is 42.2 Å². The zero-order chi connectivity index (χ0) is 19.0. The molecule has 0 radical (unpaired) electrons. The number of aromatic nitrogens is 1. The summed E-state index contributed by atoms with van der Waals surface area (Å²) < 4.78 is 43.7. The summed E-state index contributed by atoms with van der Waals surface area (Å²) in [5.41, 5.74) is 2.82. The predicted molar refractivity (Wildman–Crippen MR) is 94.7 cm³/mol. The van der Waals surface area contributed by atoms with Gasteiger partial charge in [0.25, 0.3) is 6.01 Å². The van der Waals surface area contributed by atoms with Crippen LogP contribution in [0.1, 0.15) is 23.1 Å². The standard InChI is InChI=1S/C20H17F3N2O2/c21-20(22,23)14-7-4-13(5-8-14)18-11-24-19(27-18)25-17-3-1-2-12-6-9-15(26)10-16(12)17/h1-5,7-8,11,15,26H,6,9-10H2,(H,24,25)/t15-/m1/s1. The lowest BCUT2D eigenvalue weighted by molar-refractivity contribution is -0.137. The Balaban J connectivity index is 1.56. The summed E-state index contributed by atoms with van der Waals surface area (Å²) in [5, 5.41) is 13.0. The van der Waals surface area contributed by atoms with Crippen molar-refractivity contribution in [2.24, 2.45) is 0 Å². The van der Waals surface area contributed by atoms with E-state index in [2.05, 4.69) is 10.3 Å². The number of alkyl halides is 3. The number of hydrogen-bond donors (Lipinski definition) is 2. The van der Waals surface area contributed by atoms with Crippen molar-refractivity contribution in [1.29, 1.82) is 0 Å². The molecule has 0 aliphatic heterocycles. The minimum atomic E-state index is -4.37. The molecule has 0 fully saturated rings. The quantitative estimate of drug-likeness (QED) is 0.681. The number of rotatable bonds is 3. The maximum atomic E-state index is 12.7. The minimum Gasteiger partial charge on any atom is -0.423 e. The van der Waals surface area contributed by atoms with Gasteiger partial charge in [0.05, 0.1) is 17.9 Å². The molecule has 140 valence electrons. The van der Waals surface area contributed by atoms with Crippen LogP contribution in [0.4, 0.5) is 24.9 Å². The Labute approximate surface area is 153 Å². The van der Waals surface area contributed by atoms with E-state index < -0.39 is 11.7 Å². The molecule has 0 saturated heterocycles. The Hall–Kier alpha value is -2.80. The first-order valence-corrected chi connectivity index (χ1v) is 8.59. The van der Waals surface area contributed by atoms with Gasteiger partial charge >= 0.3 is 6.18 Å². The summed E-state index contributed by atoms with van der Waals surface area (Å²) in [7, 11) is 0. The van der Waals surface area contributed by atoms with Gasteiger partial charge in [-0.25, -0.2) is 4.98 Å². The van der Waals surface area contributed by atoms with E-state index in [0.29, 0.717) is 17.7 Å². The van der Waals surface area contributed by atoms with E-state index in [9.17, 15) is 18.3 Å². The molecule has 1 aliphatic rings. The molecule has 4 nitrogen and oxygen atoms in total. The van der Waals surface area contributed by atoms with Crippen LogP contribution in [-0.2, 0) is 19.0 Å². The summed E-state index contributed by atoms with van der Waals surface area (Å²) >= 11 is 0. The van der Waals surface area contributed by atoms with E-state index in [1.807, 2.05) is 18.2 Å². The number of aryl methyl sites for hydroxylation is 1. The van der Waals surface area contributed by atoms with Gasteiger partial charge < -0.3 is 14.8 Å². The lowest BCUT2D eigenvalue weighted by Crippen LogP contribution is -2.19. The molecular formula is C20H17F3N2O2. The van der Waals surface area contributed by atoms with Crippen LogP contribution in [0.5, 0.6) is 0 Å². The molecular weight excluding hydrogens is 357 g/mol. The van der Waals surface area contributed by atoms with Crippen LogP contribution >= 0.6 is 0 Å². The molecule has 1 heterocycles. The molecule has 0 bridgehead atoms. The Kier molecular flexibility index (Phi) is 4.39. The van der Waals surface area contributed by atoms with Gasteiger partial charge in [-0.3, -0.25) is 0 Å². The van der Waals surface area contributed by atoms with Crippen LogP contribution in [0.2, 0.25) is 0 Å². The Morgan fingerprint density at radius 1 is 1.11 bits per heavy atom. The van der Waals surface area contributed by atoms with E-state index in [1.54, 1.807) is 0 Å². The van der Waals surface area contributed by atoms with Crippen molar-refractivity contribution in [1.82, 2.24) is 4.98 Å². The average Bonchev–Trinajstić information content (AvgIpc) is 3.10. The summed E-state index contributed by atoms with van der Waals surface area (Å²) in [6.45, 7) is 0. The topological polar surface area (TPSA) is 58.3 Å². The first-order chi connectivity index (χ1) is 12.9. The van der Waals surface area contributed by atoms with E-state index >= 15 is 0 Å². The van der Waals surface area contributed by atoms with Crippen molar-refractivity contribution in [3.8, 4) is 11.3 Å².